The summed E-state index contributed by atoms with van der Waals surface area (Å²) < 4.78 is 68.1. The number of fused-ring (bicyclic) bond motifs is 1. The molecule has 3 rings (SSSR count). The zero-order valence-electron chi connectivity index (χ0n) is 15.4. The van der Waals surface area contributed by atoms with E-state index in [9.17, 15) is 21.6 Å². The molecule has 6 nitrogen and oxygen atoms in total. The van der Waals surface area contributed by atoms with Gasteiger partial charge in [0.05, 0.1) is 20.1 Å². The molecular weight excluding hydrogens is 411 g/mol. The summed E-state index contributed by atoms with van der Waals surface area (Å²) in [6, 6.07) is 12.6. The Kier molecular flexibility index (Phi) is 5.00. The summed E-state index contributed by atoms with van der Waals surface area (Å²) in [5, 5.41) is 8.34. The summed E-state index contributed by atoms with van der Waals surface area (Å²) in [7, 11) is -8.08. The molecule has 3 aromatic rings. The number of benzene rings is 2. The summed E-state index contributed by atoms with van der Waals surface area (Å²) in [6.07, 6.45) is 0. The third kappa shape index (κ3) is 3.90. The van der Waals surface area contributed by atoms with Gasteiger partial charge in [-0.1, -0.05) is 61.3 Å². The number of nitrogens with zero attached hydrogens (tertiary/aromatic N) is 3. The molecule has 0 unspecified atom stereocenters. The van der Waals surface area contributed by atoms with Gasteiger partial charge in [0.15, 0.2) is 11.3 Å². The van der Waals surface area contributed by atoms with Crippen LogP contribution in [0.1, 0.15) is 5.56 Å². The van der Waals surface area contributed by atoms with Crippen molar-refractivity contribution in [1.29, 1.82) is 0 Å². The standard InChI is InChI=1S/C17H18F3N3O3SSi/c1-28(2,3)14-10-9-13-15(16(14)26-27(24,25)17(18,19)20)21-22-23(13)11-12-7-5-4-6-8-12/h4-10H,11H2,1-3H3. The van der Waals surface area contributed by atoms with E-state index in [-0.39, 0.29) is 5.52 Å². The lowest BCUT2D eigenvalue weighted by Crippen LogP contribution is -2.40. The lowest BCUT2D eigenvalue weighted by Gasteiger charge is -2.21. The Hall–Kier alpha value is -2.40. The molecular formula is C17H18F3N3O3SSi. The van der Waals surface area contributed by atoms with Crippen LogP contribution in [0.15, 0.2) is 42.5 Å². The maximum Gasteiger partial charge on any atom is 0.534 e. The molecule has 2 aromatic carbocycles. The number of halogens is 3. The zero-order valence-corrected chi connectivity index (χ0v) is 17.2. The van der Waals surface area contributed by atoms with E-state index in [1.54, 1.807) is 12.1 Å². The van der Waals surface area contributed by atoms with E-state index in [2.05, 4.69) is 14.5 Å². The van der Waals surface area contributed by atoms with Crippen molar-refractivity contribution in [3.05, 3.63) is 48.0 Å². The van der Waals surface area contributed by atoms with Crippen molar-refractivity contribution in [2.24, 2.45) is 0 Å². The second-order valence-electron chi connectivity index (χ2n) is 7.28. The van der Waals surface area contributed by atoms with Crippen LogP contribution in [0.2, 0.25) is 19.6 Å². The molecule has 0 aliphatic heterocycles. The monoisotopic (exact) mass is 429 g/mol. The molecule has 0 bridgehead atoms. The van der Waals surface area contributed by atoms with Crippen molar-refractivity contribution in [2.75, 3.05) is 0 Å². The summed E-state index contributed by atoms with van der Waals surface area (Å²) in [6.45, 7) is 5.94. The van der Waals surface area contributed by atoms with Crippen molar-refractivity contribution in [2.45, 2.75) is 31.7 Å². The Morgan fingerprint density at radius 3 is 2.29 bits per heavy atom. The van der Waals surface area contributed by atoms with Gasteiger partial charge >= 0.3 is 15.6 Å². The first-order valence-corrected chi connectivity index (χ1v) is 13.2. The van der Waals surface area contributed by atoms with Crippen LogP contribution < -0.4 is 9.37 Å². The highest BCUT2D eigenvalue weighted by molar-refractivity contribution is 7.88. The van der Waals surface area contributed by atoms with Crippen LogP contribution in [-0.2, 0) is 16.7 Å². The van der Waals surface area contributed by atoms with E-state index in [1.165, 1.54) is 4.68 Å². The van der Waals surface area contributed by atoms with Crippen molar-refractivity contribution in [1.82, 2.24) is 15.0 Å². The fraction of sp³-hybridized carbons (Fsp3) is 0.294. The van der Waals surface area contributed by atoms with Crippen LogP contribution >= 0.6 is 0 Å². The predicted molar refractivity (Wildman–Crippen MR) is 102 cm³/mol. The maximum absolute atomic E-state index is 12.9. The molecule has 0 aliphatic rings. The summed E-state index contributed by atoms with van der Waals surface area (Å²) >= 11 is 0. The Morgan fingerprint density at radius 1 is 1.07 bits per heavy atom. The second kappa shape index (κ2) is 6.89. The molecule has 1 heterocycles. The Balaban J connectivity index is 2.16. The fourth-order valence-electron chi connectivity index (χ4n) is 2.72. The fourth-order valence-corrected chi connectivity index (χ4v) is 4.71. The molecule has 0 radical (unpaired) electrons. The van der Waals surface area contributed by atoms with E-state index < -0.39 is 29.4 Å². The lowest BCUT2D eigenvalue weighted by atomic mass is 10.2. The Labute approximate surface area is 161 Å². The zero-order chi connectivity index (χ0) is 20.7. The highest BCUT2D eigenvalue weighted by atomic mass is 32.2. The third-order valence-electron chi connectivity index (χ3n) is 4.10. The van der Waals surface area contributed by atoms with Gasteiger partial charge in [0.25, 0.3) is 0 Å². The first kappa shape index (κ1) is 20.3. The van der Waals surface area contributed by atoms with E-state index >= 15 is 0 Å². The second-order valence-corrected chi connectivity index (χ2v) is 13.9. The van der Waals surface area contributed by atoms with Gasteiger partial charge in [0.2, 0.25) is 0 Å². The van der Waals surface area contributed by atoms with Crippen LogP contribution in [-0.4, -0.2) is 37.0 Å². The maximum atomic E-state index is 12.9. The van der Waals surface area contributed by atoms with E-state index in [4.69, 9.17) is 0 Å². The summed E-state index contributed by atoms with van der Waals surface area (Å²) in [4.78, 5) is 0. The quantitative estimate of drug-likeness (QED) is 0.354. The van der Waals surface area contributed by atoms with Crippen LogP contribution in [0.5, 0.6) is 5.75 Å². The van der Waals surface area contributed by atoms with Crippen LogP contribution in [0.4, 0.5) is 13.2 Å². The van der Waals surface area contributed by atoms with Gasteiger partial charge in [-0.05, 0) is 16.8 Å². The minimum Gasteiger partial charge on any atom is -0.374 e. The summed E-state index contributed by atoms with van der Waals surface area (Å²) in [5.41, 5.74) is -4.25. The SMILES string of the molecule is C[Si](C)(C)c1ccc2c(nnn2Cc2ccccc2)c1OS(=O)(=O)C(F)(F)F. The average molecular weight is 429 g/mol. The van der Waals surface area contributed by atoms with Crippen molar-refractivity contribution in [3.8, 4) is 5.75 Å². The van der Waals surface area contributed by atoms with Gasteiger partial charge in [-0.25, -0.2) is 4.68 Å². The van der Waals surface area contributed by atoms with Crippen molar-refractivity contribution >= 4 is 34.4 Å². The van der Waals surface area contributed by atoms with Gasteiger partial charge < -0.3 is 4.18 Å². The predicted octanol–water partition coefficient (Wildman–Crippen LogP) is 3.25. The van der Waals surface area contributed by atoms with E-state index in [0.29, 0.717) is 17.2 Å². The van der Waals surface area contributed by atoms with Gasteiger partial charge in [-0.3, -0.25) is 0 Å². The van der Waals surface area contributed by atoms with Crippen LogP contribution in [0.3, 0.4) is 0 Å². The largest absolute Gasteiger partial charge is 0.534 e. The molecule has 0 saturated carbocycles. The Bertz CT molecular complexity index is 1110. The van der Waals surface area contributed by atoms with Gasteiger partial charge in [-0.15, -0.1) is 5.10 Å². The molecule has 150 valence electrons. The molecule has 0 saturated heterocycles. The first-order chi connectivity index (χ1) is 12.9. The normalized spacial score (nSPS) is 13.1. The van der Waals surface area contributed by atoms with E-state index in [1.807, 2.05) is 50.0 Å². The van der Waals surface area contributed by atoms with E-state index in [0.717, 1.165) is 5.56 Å². The molecule has 0 fully saturated rings. The minimum absolute atomic E-state index is 0.0105. The minimum atomic E-state index is -5.83. The molecule has 0 spiro atoms. The van der Waals surface area contributed by atoms with Crippen LogP contribution in [0, 0.1) is 0 Å². The first-order valence-electron chi connectivity index (χ1n) is 8.31. The Morgan fingerprint density at radius 2 is 1.71 bits per heavy atom. The number of hydrogen-bond acceptors (Lipinski definition) is 5. The van der Waals surface area contributed by atoms with Crippen molar-refractivity contribution < 1.29 is 25.8 Å². The number of hydrogen-bond donors (Lipinski definition) is 0. The molecule has 11 heteroatoms. The number of aromatic nitrogens is 3. The van der Waals surface area contributed by atoms with Crippen LogP contribution in [0.25, 0.3) is 11.0 Å². The smallest absolute Gasteiger partial charge is 0.374 e. The molecule has 0 atom stereocenters. The molecule has 1 aromatic heterocycles. The van der Waals surface area contributed by atoms with Crippen molar-refractivity contribution in [3.63, 3.8) is 0 Å². The summed E-state index contributed by atoms with van der Waals surface area (Å²) in [5.74, 6) is -0.395. The number of alkyl halides is 3. The topological polar surface area (TPSA) is 74.1 Å². The molecule has 28 heavy (non-hydrogen) atoms. The van der Waals surface area contributed by atoms with Gasteiger partial charge in [-0.2, -0.15) is 21.6 Å². The van der Waals surface area contributed by atoms with Gasteiger partial charge in [0, 0.05) is 0 Å². The number of rotatable bonds is 5. The molecule has 0 aliphatic carbocycles. The third-order valence-corrected chi connectivity index (χ3v) is 7.06. The van der Waals surface area contributed by atoms with Gasteiger partial charge in [0.1, 0.15) is 0 Å². The molecule has 0 N–H and O–H groups in total. The highest BCUT2D eigenvalue weighted by Crippen LogP contribution is 2.31. The molecule has 0 amide bonds. The highest BCUT2D eigenvalue weighted by Gasteiger charge is 2.49. The average Bonchev–Trinajstić information content (AvgIpc) is 2.97. The lowest BCUT2D eigenvalue weighted by molar-refractivity contribution is -0.0499.